The summed E-state index contributed by atoms with van der Waals surface area (Å²) in [5.41, 5.74) is 1.06. The smallest absolute Gasteiger partial charge is 0.252 e. The Morgan fingerprint density at radius 1 is 1.09 bits per heavy atom. The highest BCUT2D eigenvalue weighted by molar-refractivity contribution is 5.88. The lowest BCUT2D eigenvalue weighted by Gasteiger charge is -2.23. The molecule has 0 aliphatic heterocycles. The fraction of sp³-hybridized carbons (Fsp3) is 0.192. The van der Waals surface area contributed by atoms with E-state index in [9.17, 15) is 22.8 Å². The minimum atomic E-state index is -0.999. The van der Waals surface area contributed by atoms with Crippen LogP contribution < -0.4 is 10.9 Å². The number of aromatic amines is 1. The van der Waals surface area contributed by atoms with Crippen LogP contribution in [0.4, 0.5) is 13.2 Å². The van der Waals surface area contributed by atoms with Crippen LogP contribution in [-0.2, 0) is 11.2 Å². The number of carbonyl (C=O) groups is 1. The van der Waals surface area contributed by atoms with Crippen molar-refractivity contribution < 1.29 is 18.0 Å². The average Bonchev–Trinajstić information content (AvgIpc) is 2.78. The van der Waals surface area contributed by atoms with E-state index >= 15 is 0 Å². The van der Waals surface area contributed by atoms with Gasteiger partial charge in [0.2, 0.25) is 11.9 Å². The summed E-state index contributed by atoms with van der Waals surface area (Å²) >= 11 is 0. The second-order valence-electron chi connectivity index (χ2n) is 8.16. The van der Waals surface area contributed by atoms with E-state index in [4.69, 9.17) is 0 Å². The Morgan fingerprint density at radius 2 is 1.82 bits per heavy atom. The summed E-state index contributed by atoms with van der Waals surface area (Å²) in [5.74, 6) is -3.82. The van der Waals surface area contributed by atoms with Crippen LogP contribution in [0, 0.1) is 24.5 Å². The van der Waals surface area contributed by atoms with Gasteiger partial charge in [0.05, 0.1) is 22.9 Å². The predicted molar refractivity (Wildman–Crippen MR) is 123 cm³/mol. The molecule has 0 bridgehead atoms. The molecule has 2 atom stereocenters. The predicted octanol–water partition coefficient (Wildman–Crippen LogP) is 4.85. The van der Waals surface area contributed by atoms with Crippen LogP contribution in [-0.4, -0.2) is 15.9 Å². The summed E-state index contributed by atoms with van der Waals surface area (Å²) in [7, 11) is 0. The Kier molecular flexibility index (Phi) is 6.49. The van der Waals surface area contributed by atoms with E-state index in [0.717, 1.165) is 17.7 Å². The SMILES string of the molecule is Cc1c([C@H](Cc2ccccc2)C(=O)N[C@@H](C)c2ccc(F)cc2F)c(=O)[nH]c2ccnc(F)c12. The third-order valence-electron chi connectivity index (χ3n) is 5.91. The zero-order valence-electron chi connectivity index (χ0n) is 18.5. The fourth-order valence-electron chi connectivity index (χ4n) is 4.23. The lowest BCUT2D eigenvalue weighted by Crippen LogP contribution is -2.36. The van der Waals surface area contributed by atoms with Gasteiger partial charge in [-0.05, 0) is 43.5 Å². The molecule has 34 heavy (non-hydrogen) atoms. The van der Waals surface area contributed by atoms with Crippen molar-refractivity contribution in [1.29, 1.82) is 0 Å². The van der Waals surface area contributed by atoms with Gasteiger partial charge in [-0.1, -0.05) is 36.4 Å². The summed E-state index contributed by atoms with van der Waals surface area (Å²) in [4.78, 5) is 32.8. The molecule has 0 aliphatic rings. The second kappa shape index (κ2) is 9.51. The van der Waals surface area contributed by atoms with E-state index in [1.54, 1.807) is 13.8 Å². The second-order valence-corrected chi connectivity index (χ2v) is 8.16. The lowest BCUT2D eigenvalue weighted by atomic mass is 9.87. The monoisotopic (exact) mass is 465 g/mol. The molecule has 2 N–H and O–H groups in total. The first-order valence-corrected chi connectivity index (χ1v) is 10.7. The number of pyridine rings is 2. The van der Waals surface area contributed by atoms with Gasteiger partial charge in [0, 0.05) is 23.4 Å². The van der Waals surface area contributed by atoms with Crippen molar-refractivity contribution in [3.05, 3.63) is 111 Å². The number of H-pyrrole nitrogens is 1. The fourth-order valence-corrected chi connectivity index (χ4v) is 4.23. The number of halogens is 3. The molecule has 2 heterocycles. The molecule has 8 heteroatoms. The van der Waals surface area contributed by atoms with Crippen molar-refractivity contribution in [1.82, 2.24) is 15.3 Å². The Balaban J connectivity index is 1.78. The number of carbonyl (C=O) groups excluding carboxylic acids is 1. The Labute approximate surface area is 193 Å². The number of hydrogen-bond acceptors (Lipinski definition) is 3. The van der Waals surface area contributed by atoms with Crippen molar-refractivity contribution in [2.45, 2.75) is 32.2 Å². The first-order chi connectivity index (χ1) is 16.3. The summed E-state index contributed by atoms with van der Waals surface area (Å²) < 4.78 is 42.1. The molecule has 2 aromatic carbocycles. The van der Waals surface area contributed by atoms with E-state index in [1.165, 1.54) is 18.3 Å². The molecule has 0 saturated carbocycles. The third-order valence-corrected chi connectivity index (χ3v) is 5.91. The number of nitrogens with one attached hydrogen (secondary N) is 2. The molecular formula is C26H22F3N3O2. The summed E-state index contributed by atoms with van der Waals surface area (Å²) in [6, 6.07) is 12.9. The van der Waals surface area contributed by atoms with Crippen molar-refractivity contribution in [3.63, 3.8) is 0 Å². The Morgan fingerprint density at radius 3 is 2.53 bits per heavy atom. The number of rotatable bonds is 6. The van der Waals surface area contributed by atoms with Gasteiger partial charge in [-0.2, -0.15) is 4.39 Å². The summed E-state index contributed by atoms with van der Waals surface area (Å²) in [6.45, 7) is 3.14. The van der Waals surface area contributed by atoms with Crippen LogP contribution in [0.1, 0.15) is 41.1 Å². The molecular weight excluding hydrogens is 443 g/mol. The summed E-state index contributed by atoms with van der Waals surface area (Å²) in [5, 5.41) is 2.85. The maximum absolute atomic E-state index is 14.6. The van der Waals surface area contributed by atoms with Gasteiger partial charge in [0.25, 0.3) is 5.56 Å². The summed E-state index contributed by atoms with van der Waals surface area (Å²) in [6.07, 6.45) is 1.41. The molecule has 1 amide bonds. The largest absolute Gasteiger partial charge is 0.349 e. The van der Waals surface area contributed by atoms with Crippen LogP contribution in [0.15, 0.2) is 65.6 Å². The van der Waals surface area contributed by atoms with Crippen molar-refractivity contribution in [3.8, 4) is 0 Å². The van der Waals surface area contributed by atoms with Gasteiger partial charge in [0.1, 0.15) is 11.6 Å². The topological polar surface area (TPSA) is 74.8 Å². The van der Waals surface area contributed by atoms with Gasteiger partial charge in [0.15, 0.2) is 0 Å². The zero-order chi connectivity index (χ0) is 24.4. The van der Waals surface area contributed by atoms with Crippen LogP contribution in [0.3, 0.4) is 0 Å². The van der Waals surface area contributed by atoms with Gasteiger partial charge < -0.3 is 10.3 Å². The molecule has 0 fully saturated rings. The first-order valence-electron chi connectivity index (χ1n) is 10.7. The molecule has 0 saturated heterocycles. The van der Waals surface area contributed by atoms with Crippen LogP contribution in [0.25, 0.3) is 10.9 Å². The van der Waals surface area contributed by atoms with Crippen LogP contribution >= 0.6 is 0 Å². The Hall–Kier alpha value is -3.94. The molecule has 2 aromatic heterocycles. The van der Waals surface area contributed by atoms with E-state index in [1.807, 2.05) is 30.3 Å². The van der Waals surface area contributed by atoms with Crippen LogP contribution in [0.5, 0.6) is 0 Å². The number of benzene rings is 2. The molecule has 4 aromatic rings. The average molecular weight is 465 g/mol. The Bertz CT molecular complexity index is 1420. The van der Waals surface area contributed by atoms with E-state index in [0.29, 0.717) is 5.56 Å². The molecule has 174 valence electrons. The number of aromatic nitrogens is 2. The van der Waals surface area contributed by atoms with E-state index in [-0.39, 0.29) is 28.5 Å². The minimum Gasteiger partial charge on any atom is -0.349 e. The zero-order valence-corrected chi connectivity index (χ0v) is 18.5. The number of nitrogens with zero attached hydrogens (tertiary/aromatic N) is 1. The molecule has 4 rings (SSSR count). The number of amides is 1. The normalized spacial score (nSPS) is 13.0. The lowest BCUT2D eigenvalue weighted by molar-refractivity contribution is -0.123. The van der Waals surface area contributed by atoms with Gasteiger partial charge in [-0.15, -0.1) is 0 Å². The highest BCUT2D eigenvalue weighted by Crippen LogP contribution is 2.28. The minimum absolute atomic E-state index is 0.104. The highest BCUT2D eigenvalue weighted by Gasteiger charge is 2.29. The third kappa shape index (κ3) is 4.57. The van der Waals surface area contributed by atoms with E-state index < -0.39 is 41.0 Å². The van der Waals surface area contributed by atoms with Crippen LogP contribution in [0.2, 0.25) is 0 Å². The molecule has 0 aliphatic carbocycles. The standard InChI is InChI=1S/C26H22F3N3O2/c1-14-22(26(34)32-21-10-11-30-24(29)23(14)21)19(12-16-6-4-3-5-7-16)25(33)31-15(2)18-9-8-17(27)13-20(18)28/h3-11,13,15,19H,12H2,1-2H3,(H,31,33)(H,32,34)/t15-,19-/m0/s1. The van der Waals surface area contributed by atoms with Gasteiger partial charge in [-0.25, -0.2) is 13.8 Å². The van der Waals surface area contributed by atoms with E-state index in [2.05, 4.69) is 15.3 Å². The van der Waals surface area contributed by atoms with Crippen molar-refractivity contribution >= 4 is 16.8 Å². The highest BCUT2D eigenvalue weighted by atomic mass is 19.1. The molecule has 5 nitrogen and oxygen atoms in total. The quantitative estimate of drug-likeness (QED) is 0.400. The first kappa shape index (κ1) is 23.2. The van der Waals surface area contributed by atoms with Crippen molar-refractivity contribution in [2.75, 3.05) is 0 Å². The maximum Gasteiger partial charge on any atom is 0.252 e. The molecule has 0 spiro atoms. The number of fused-ring (bicyclic) bond motifs is 1. The van der Waals surface area contributed by atoms with Gasteiger partial charge >= 0.3 is 0 Å². The molecule has 0 unspecified atom stereocenters. The van der Waals surface area contributed by atoms with Crippen molar-refractivity contribution in [2.24, 2.45) is 0 Å². The molecule has 0 radical (unpaired) electrons. The number of hydrogen-bond donors (Lipinski definition) is 2. The number of aryl methyl sites for hydroxylation is 1. The van der Waals surface area contributed by atoms with Gasteiger partial charge in [-0.3, -0.25) is 9.59 Å². The maximum atomic E-state index is 14.6.